The number of imidazole rings is 1. The van der Waals surface area contributed by atoms with E-state index in [1.165, 1.54) is 23.2 Å². The standard InChI is InChI=1S/C30H31FN6O5/c1-16-3-4-17(31)11-25(16)42-15-19(38)14-33-22-5-8-32-28(39)26(22)27-34-23-12-20-21(13-24(23)35-27)30(41)37(29(20)40)18-6-9-36(2)10-7-18/h3-5,8,11-13,18-19,38H,6-7,9-10,14-15H2,1-2H3,(H,34,35)(H2,32,33,39). The second-order valence-electron chi connectivity index (χ2n) is 10.9. The van der Waals surface area contributed by atoms with Gasteiger partial charge in [-0.3, -0.25) is 19.3 Å². The zero-order chi connectivity index (χ0) is 29.5. The molecule has 2 amide bonds. The fourth-order valence-corrected chi connectivity index (χ4v) is 5.53. The first-order valence-electron chi connectivity index (χ1n) is 13.8. The minimum Gasteiger partial charge on any atom is -0.490 e. The fraction of sp³-hybridized carbons (Fsp3) is 0.333. The minimum absolute atomic E-state index is 0.0368. The number of aliphatic hydroxyl groups is 1. The van der Waals surface area contributed by atoms with Crippen molar-refractivity contribution in [1.82, 2.24) is 24.8 Å². The summed E-state index contributed by atoms with van der Waals surface area (Å²) in [6.07, 6.45) is 1.97. The zero-order valence-corrected chi connectivity index (χ0v) is 23.2. The number of likely N-dealkylation sites (tertiary alicyclic amines) is 1. The second kappa shape index (κ2) is 11.0. The van der Waals surface area contributed by atoms with Crippen molar-refractivity contribution in [1.29, 1.82) is 0 Å². The van der Waals surface area contributed by atoms with Crippen LogP contribution >= 0.6 is 0 Å². The highest BCUT2D eigenvalue weighted by Gasteiger charge is 2.41. The van der Waals surface area contributed by atoms with E-state index in [0.29, 0.717) is 33.6 Å². The van der Waals surface area contributed by atoms with Crippen LogP contribution in [0.15, 0.2) is 47.4 Å². The molecule has 2 aliphatic rings. The number of H-pyrrole nitrogens is 2. The van der Waals surface area contributed by atoms with E-state index in [1.54, 1.807) is 31.2 Å². The molecule has 218 valence electrons. The van der Waals surface area contributed by atoms with E-state index >= 15 is 0 Å². The number of imide groups is 1. The molecule has 1 unspecified atom stereocenters. The number of anilines is 1. The van der Waals surface area contributed by atoms with E-state index in [1.807, 2.05) is 7.05 Å². The lowest BCUT2D eigenvalue weighted by Gasteiger charge is -2.33. The van der Waals surface area contributed by atoms with Crippen molar-refractivity contribution >= 4 is 28.5 Å². The predicted molar refractivity (Wildman–Crippen MR) is 154 cm³/mol. The molecule has 2 aromatic carbocycles. The number of benzene rings is 2. The summed E-state index contributed by atoms with van der Waals surface area (Å²) in [6.45, 7) is 3.37. The Bertz CT molecular complexity index is 1690. The number of aromatic nitrogens is 3. The molecule has 1 atom stereocenters. The van der Waals surface area contributed by atoms with Gasteiger partial charge >= 0.3 is 0 Å². The number of halogens is 1. The van der Waals surface area contributed by atoms with Crippen LogP contribution in [0.3, 0.4) is 0 Å². The molecule has 0 spiro atoms. The number of nitrogens with one attached hydrogen (secondary N) is 3. The highest BCUT2D eigenvalue weighted by Crippen LogP contribution is 2.32. The molecular formula is C30H31FN6O5. The SMILES string of the molecule is Cc1ccc(F)cc1OCC(O)CNc1cc[nH]c(=O)c1-c1nc2cc3c(cc2[nH]1)C(=O)N(C1CCN(C)CC1)C3=O. The summed E-state index contributed by atoms with van der Waals surface area (Å²) >= 11 is 0. The molecule has 1 fully saturated rings. The molecule has 4 aromatic rings. The topological polar surface area (TPSA) is 144 Å². The lowest BCUT2D eigenvalue weighted by molar-refractivity contribution is 0.0516. The summed E-state index contributed by atoms with van der Waals surface area (Å²) in [5.41, 5.74) is 2.52. The van der Waals surface area contributed by atoms with Crippen molar-refractivity contribution in [2.45, 2.75) is 31.9 Å². The third kappa shape index (κ3) is 5.14. The van der Waals surface area contributed by atoms with Crippen molar-refractivity contribution in [3.8, 4) is 17.1 Å². The van der Waals surface area contributed by atoms with Crippen molar-refractivity contribution in [2.24, 2.45) is 0 Å². The molecule has 0 aliphatic carbocycles. The first kappa shape index (κ1) is 27.6. The van der Waals surface area contributed by atoms with Crippen LogP contribution in [-0.4, -0.2) is 87.1 Å². The number of ether oxygens (including phenoxy) is 1. The molecular weight excluding hydrogens is 543 g/mol. The van der Waals surface area contributed by atoms with E-state index in [-0.39, 0.29) is 42.4 Å². The summed E-state index contributed by atoms with van der Waals surface area (Å²) in [5.74, 6) is -0.485. The molecule has 11 nitrogen and oxygen atoms in total. The van der Waals surface area contributed by atoms with Gasteiger partial charge in [0.05, 0.1) is 27.8 Å². The van der Waals surface area contributed by atoms with Gasteiger partial charge in [-0.2, -0.15) is 0 Å². The highest BCUT2D eigenvalue weighted by molar-refractivity contribution is 6.23. The molecule has 0 saturated carbocycles. The summed E-state index contributed by atoms with van der Waals surface area (Å²) in [6, 6.07) is 8.91. The third-order valence-corrected chi connectivity index (χ3v) is 7.88. The van der Waals surface area contributed by atoms with Crippen molar-refractivity contribution in [3.63, 3.8) is 0 Å². The van der Waals surface area contributed by atoms with Gasteiger partial charge in [0.2, 0.25) is 0 Å². The Labute approximate surface area is 240 Å². The number of piperidine rings is 1. The fourth-order valence-electron chi connectivity index (χ4n) is 5.53. The summed E-state index contributed by atoms with van der Waals surface area (Å²) in [7, 11) is 2.02. The van der Waals surface area contributed by atoms with Crippen LogP contribution in [0.25, 0.3) is 22.4 Å². The third-order valence-electron chi connectivity index (χ3n) is 7.88. The number of hydrogen-bond donors (Lipinski definition) is 4. The number of fused-ring (bicyclic) bond motifs is 2. The Balaban J connectivity index is 1.21. The maximum Gasteiger partial charge on any atom is 0.261 e. The Kier molecular flexibility index (Phi) is 7.25. The number of rotatable bonds is 8. The molecule has 12 heteroatoms. The van der Waals surface area contributed by atoms with Gasteiger partial charge in [0.15, 0.2) is 0 Å². The normalized spacial score (nSPS) is 16.7. The van der Waals surface area contributed by atoms with Gasteiger partial charge in [-0.25, -0.2) is 9.37 Å². The van der Waals surface area contributed by atoms with Gasteiger partial charge in [0.1, 0.15) is 35.7 Å². The largest absolute Gasteiger partial charge is 0.490 e. The van der Waals surface area contributed by atoms with E-state index in [0.717, 1.165) is 31.5 Å². The Morgan fingerprint density at radius 3 is 2.62 bits per heavy atom. The monoisotopic (exact) mass is 574 g/mol. The molecule has 0 radical (unpaired) electrons. The van der Waals surface area contributed by atoms with E-state index in [2.05, 4.69) is 25.2 Å². The van der Waals surface area contributed by atoms with Crippen LogP contribution < -0.4 is 15.6 Å². The number of nitrogens with zero attached hydrogens (tertiary/aromatic N) is 3. The first-order valence-corrected chi connectivity index (χ1v) is 13.8. The average Bonchev–Trinajstić information content (AvgIpc) is 3.49. The number of aromatic amines is 2. The summed E-state index contributed by atoms with van der Waals surface area (Å²) in [5, 5.41) is 13.6. The molecule has 2 aromatic heterocycles. The van der Waals surface area contributed by atoms with Crippen LogP contribution in [0.2, 0.25) is 0 Å². The molecule has 6 rings (SSSR count). The van der Waals surface area contributed by atoms with Crippen LogP contribution in [0.4, 0.5) is 10.1 Å². The van der Waals surface area contributed by atoms with Crippen LogP contribution in [-0.2, 0) is 0 Å². The number of carbonyl (C=O) groups is 2. The lowest BCUT2D eigenvalue weighted by atomic mass is 10.0. The van der Waals surface area contributed by atoms with Gasteiger partial charge in [0.25, 0.3) is 17.4 Å². The molecule has 42 heavy (non-hydrogen) atoms. The van der Waals surface area contributed by atoms with E-state index in [9.17, 15) is 23.9 Å². The first-order chi connectivity index (χ1) is 20.2. The van der Waals surface area contributed by atoms with Gasteiger partial charge in [-0.05, 0) is 69.7 Å². The van der Waals surface area contributed by atoms with Gasteiger partial charge in [-0.15, -0.1) is 0 Å². The van der Waals surface area contributed by atoms with Crippen molar-refractivity contribution in [3.05, 3.63) is 75.5 Å². The number of aryl methyl sites for hydroxylation is 1. The lowest BCUT2D eigenvalue weighted by Crippen LogP contribution is -2.46. The Morgan fingerprint density at radius 2 is 1.86 bits per heavy atom. The summed E-state index contributed by atoms with van der Waals surface area (Å²) < 4.78 is 19.1. The van der Waals surface area contributed by atoms with Gasteiger partial charge in [0, 0.05) is 24.8 Å². The molecule has 2 aliphatic heterocycles. The van der Waals surface area contributed by atoms with Crippen molar-refractivity contribution < 1.29 is 23.8 Å². The smallest absolute Gasteiger partial charge is 0.261 e. The minimum atomic E-state index is -0.969. The zero-order valence-electron chi connectivity index (χ0n) is 23.2. The van der Waals surface area contributed by atoms with Gasteiger partial charge < -0.3 is 30.0 Å². The van der Waals surface area contributed by atoms with Gasteiger partial charge in [-0.1, -0.05) is 6.07 Å². The number of hydrogen-bond acceptors (Lipinski definition) is 8. The van der Waals surface area contributed by atoms with Crippen LogP contribution in [0, 0.1) is 12.7 Å². The number of aliphatic hydroxyl groups excluding tert-OH is 1. The number of amides is 2. The predicted octanol–water partition coefficient (Wildman–Crippen LogP) is 2.91. The highest BCUT2D eigenvalue weighted by atomic mass is 19.1. The van der Waals surface area contributed by atoms with E-state index in [4.69, 9.17) is 4.74 Å². The Morgan fingerprint density at radius 1 is 1.12 bits per heavy atom. The maximum atomic E-state index is 13.5. The second-order valence-corrected chi connectivity index (χ2v) is 10.9. The quantitative estimate of drug-likeness (QED) is 0.235. The average molecular weight is 575 g/mol. The Hall–Kier alpha value is -4.55. The number of pyridine rings is 1. The van der Waals surface area contributed by atoms with Crippen LogP contribution in [0.5, 0.6) is 5.75 Å². The van der Waals surface area contributed by atoms with Crippen molar-refractivity contribution in [2.75, 3.05) is 38.6 Å². The maximum absolute atomic E-state index is 13.5. The molecule has 0 bridgehead atoms. The molecule has 1 saturated heterocycles. The molecule has 4 N–H and O–H groups in total. The molecule has 4 heterocycles. The summed E-state index contributed by atoms with van der Waals surface area (Å²) in [4.78, 5) is 53.4. The van der Waals surface area contributed by atoms with Crippen LogP contribution in [0.1, 0.15) is 39.1 Å². The van der Waals surface area contributed by atoms with E-state index < -0.39 is 17.5 Å². The number of carbonyl (C=O) groups excluding carboxylic acids is 2.